The highest BCUT2D eigenvalue weighted by atomic mass is 19.1. The first-order chi connectivity index (χ1) is 8.51. The summed E-state index contributed by atoms with van der Waals surface area (Å²) in [5, 5.41) is 15.3. The van der Waals surface area contributed by atoms with E-state index in [0.717, 1.165) is 5.56 Å². The third-order valence-corrected chi connectivity index (χ3v) is 3.31. The minimum Gasteiger partial charge on any atom is -0.481 e. The van der Waals surface area contributed by atoms with Crippen molar-refractivity contribution in [3.05, 3.63) is 35.6 Å². The van der Waals surface area contributed by atoms with E-state index in [2.05, 4.69) is 10.6 Å². The Morgan fingerprint density at radius 3 is 2.56 bits per heavy atom. The van der Waals surface area contributed by atoms with Crippen LogP contribution >= 0.6 is 0 Å². The lowest BCUT2D eigenvalue weighted by Gasteiger charge is -2.44. The minimum absolute atomic E-state index is 0.00736. The first-order valence-electron chi connectivity index (χ1n) is 5.96. The first kappa shape index (κ1) is 13.0. The molecule has 0 amide bonds. The first-order valence-corrected chi connectivity index (χ1v) is 5.96. The molecule has 4 nitrogen and oxygen atoms in total. The van der Waals surface area contributed by atoms with Gasteiger partial charge in [-0.15, -0.1) is 0 Å². The van der Waals surface area contributed by atoms with Gasteiger partial charge >= 0.3 is 5.97 Å². The number of aliphatic carboxylic acids is 1. The summed E-state index contributed by atoms with van der Waals surface area (Å²) >= 11 is 0. The van der Waals surface area contributed by atoms with E-state index in [4.69, 9.17) is 5.11 Å². The van der Waals surface area contributed by atoms with Crippen LogP contribution in [0.5, 0.6) is 0 Å². The van der Waals surface area contributed by atoms with Gasteiger partial charge in [-0.1, -0.05) is 12.1 Å². The summed E-state index contributed by atoms with van der Waals surface area (Å²) < 4.78 is 12.8. The van der Waals surface area contributed by atoms with Gasteiger partial charge in [0.25, 0.3) is 0 Å². The zero-order chi connectivity index (χ0) is 13.2. The molecule has 18 heavy (non-hydrogen) atoms. The van der Waals surface area contributed by atoms with E-state index >= 15 is 0 Å². The zero-order valence-corrected chi connectivity index (χ0v) is 10.2. The number of carboxylic acids is 1. The van der Waals surface area contributed by atoms with Crippen molar-refractivity contribution < 1.29 is 14.3 Å². The highest BCUT2D eigenvalue weighted by Gasteiger charge is 2.39. The number of carbonyl (C=O) groups is 1. The number of nitrogens with one attached hydrogen (secondary N) is 2. The van der Waals surface area contributed by atoms with Gasteiger partial charge in [0.05, 0.1) is 12.0 Å². The van der Waals surface area contributed by atoms with Crippen LogP contribution in [0.15, 0.2) is 24.3 Å². The minimum atomic E-state index is -0.810. The van der Waals surface area contributed by atoms with Gasteiger partial charge in [0.1, 0.15) is 5.82 Å². The number of hydrogen-bond donors (Lipinski definition) is 3. The Bertz CT molecular complexity index is 429. The Labute approximate surface area is 105 Å². The van der Waals surface area contributed by atoms with Crippen LogP contribution in [0.25, 0.3) is 0 Å². The number of carboxylic acid groups (broad SMARTS) is 1. The smallest absolute Gasteiger partial charge is 0.305 e. The fourth-order valence-electron chi connectivity index (χ4n) is 2.29. The van der Waals surface area contributed by atoms with Crippen LogP contribution in [0.3, 0.4) is 0 Å². The normalized spacial score (nSPS) is 19.0. The Hall–Kier alpha value is -1.46. The molecule has 5 heteroatoms. The number of benzene rings is 1. The van der Waals surface area contributed by atoms with Gasteiger partial charge in [-0.3, -0.25) is 4.79 Å². The average Bonchev–Trinajstić information content (AvgIpc) is 2.26. The Morgan fingerprint density at radius 1 is 1.50 bits per heavy atom. The highest BCUT2D eigenvalue weighted by Crippen LogP contribution is 2.22. The molecule has 1 aromatic rings. The fraction of sp³-hybridized carbons (Fsp3) is 0.462. The van der Waals surface area contributed by atoms with E-state index in [1.807, 2.05) is 6.92 Å². The van der Waals surface area contributed by atoms with Crippen molar-refractivity contribution in [3.8, 4) is 0 Å². The van der Waals surface area contributed by atoms with Crippen molar-refractivity contribution in [2.45, 2.75) is 24.9 Å². The number of rotatable bonds is 5. The quantitative estimate of drug-likeness (QED) is 0.739. The van der Waals surface area contributed by atoms with Crippen molar-refractivity contribution in [1.29, 1.82) is 0 Å². The molecule has 1 aromatic carbocycles. The number of halogens is 1. The van der Waals surface area contributed by atoms with Crippen LogP contribution in [0.2, 0.25) is 0 Å². The molecule has 1 saturated heterocycles. The summed E-state index contributed by atoms with van der Waals surface area (Å²) in [5.74, 6) is -1.08. The van der Waals surface area contributed by atoms with Crippen LogP contribution < -0.4 is 10.6 Å². The van der Waals surface area contributed by atoms with Crippen molar-refractivity contribution in [2.75, 3.05) is 13.1 Å². The molecule has 1 heterocycles. The molecular weight excluding hydrogens is 235 g/mol. The lowest BCUT2D eigenvalue weighted by molar-refractivity contribution is -0.139. The van der Waals surface area contributed by atoms with Gasteiger partial charge in [0.15, 0.2) is 0 Å². The maximum atomic E-state index is 12.8. The zero-order valence-electron chi connectivity index (χ0n) is 10.2. The maximum absolute atomic E-state index is 12.8. The molecular formula is C13H17FN2O2. The van der Waals surface area contributed by atoms with Gasteiger partial charge in [-0.2, -0.15) is 0 Å². The van der Waals surface area contributed by atoms with Crippen LogP contribution in [-0.4, -0.2) is 29.7 Å². The summed E-state index contributed by atoms with van der Waals surface area (Å²) in [7, 11) is 0. The molecule has 0 aromatic heterocycles. The summed E-state index contributed by atoms with van der Waals surface area (Å²) in [4.78, 5) is 10.9. The second kappa shape index (κ2) is 5.04. The predicted octanol–water partition coefficient (Wildman–Crippen LogP) is 1.29. The monoisotopic (exact) mass is 252 g/mol. The molecule has 2 rings (SSSR count). The van der Waals surface area contributed by atoms with Gasteiger partial charge in [-0.05, 0) is 24.6 Å². The molecule has 1 aliphatic heterocycles. The molecule has 0 unspecified atom stereocenters. The van der Waals surface area contributed by atoms with Crippen LogP contribution in [0.1, 0.15) is 24.9 Å². The van der Waals surface area contributed by atoms with Crippen LogP contribution in [0, 0.1) is 5.82 Å². The number of hydrogen-bond acceptors (Lipinski definition) is 3. The average molecular weight is 252 g/mol. The fourth-order valence-corrected chi connectivity index (χ4v) is 2.29. The lowest BCUT2D eigenvalue weighted by Crippen LogP contribution is -2.68. The molecule has 0 aliphatic carbocycles. The van der Waals surface area contributed by atoms with Gasteiger partial charge in [-0.25, -0.2) is 4.39 Å². The van der Waals surface area contributed by atoms with Crippen molar-refractivity contribution >= 4 is 5.97 Å². The van der Waals surface area contributed by atoms with E-state index in [1.165, 1.54) is 12.1 Å². The summed E-state index contributed by atoms with van der Waals surface area (Å²) in [6.45, 7) is 3.24. The summed E-state index contributed by atoms with van der Waals surface area (Å²) in [6.07, 6.45) is 0.0888. The van der Waals surface area contributed by atoms with Crippen molar-refractivity contribution in [3.63, 3.8) is 0 Å². The Kier molecular flexibility index (Phi) is 3.63. The molecule has 0 spiro atoms. The van der Waals surface area contributed by atoms with E-state index in [1.54, 1.807) is 12.1 Å². The highest BCUT2D eigenvalue weighted by molar-refractivity contribution is 5.68. The lowest BCUT2D eigenvalue weighted by atomic mass is 9.87. The topological polar surface area (TPSA) is 61.4 Å². The maximum Gasteiger partial charge on any atom is 0.305 e. The third-order valence-electron chi connectivity index (χ3n) is 3.31. The van der Waals surface area contributed by atoms with Gasteiger partial charge in [0.2, 0.25) is 0 Å². The van der Waals surface area contributed by atoms with Gasteiger partial charge in [0, 0.05) is 19.1 Å². The Morgan fingerprint density at radius 2 is 2.11 bits per heavy atom. The third kappa shape index (κ3) is 2.86. The molecule has 1 aliphatic rings. The molecule has 0 bridgehead atoms. The summed E-state index contributed by atoms with van der Waals surface area (Å²) in [6, 6.07) is 6.25. The molecule has 98 valence electrons. The van der Waals surface area contributed by atoms with Crippen molar-refractivity contribution in [1.82, 2.24) is 10.6 Å². The van der Waals surface area contributed by atoms with E-state index < -0.39 is 5.97 Å². The second-order valence-electron chi connectivity index (χ2n) is 4.87. The predicted molar refractivity (Wildman–Crippen MR) is 65.8 cm³/mol. The van der Waals surface area contributed by atoms with Gasteiger partial charge < -0.3 is 15.7 Å². The Balaban J connectivity index is 2.03. The van der Waals surface area contributed by atoms with Crippen LogP contribution in [0.4, 0.5) is 4.39 Å². The molecule has 0 radical (unpaired) electrons. The van der Waals surface area contributed by atoms with E-state index in [0.29, 0.717) is 13.1 Å². The standard InChI is InChI=1S/C13H17FN2O2/c1-9(10-2-4-11(14)5-3-10)16-13(6-12(17)18)7-15-8-13/h2-5,9,15-16H,6-8H2,1H3,(H,17,18)/t9-/m0/s1. The van der Waals surface area contributed by atoms with E-state index in [-0.39, 0.29) is 23.8 Å². The van der Waals surface area contributed by atoms with Crippen LogP contribution in [-0.2, 0) is 4.79 Å². The largest absolute Gasteiger partial charge is 0.481 e. The second-order valence-corrected chi connectivity index (χ2v) is 4.87. The molecule has 0 saturated carbocycles. The molecule has 3 N–H and O–H groups in total. The molecule has 1 atom stereocenters. The summed E-state index contributed by atoms with van der Waals surface area (Å²) in [5.41, 5.74) is 0.563. The molecule has 1 fully saturated rings. The van der Waals surface area contributed by atoms with Crippen molar-refractivity contribution in [2.24, 2.45) is 0 Å². The van der Waals surface area contributed by atoms with E-state index in [9.17, 15) is 9.18 Å². The SMILES string of the molecule is C[C@H](NC1(CC(=O)O)CNC1)c1ccc(F)cc1.